The van der Waals surface area contributed by atoms with Crippen LogP contribution >= 0.6 is 0 Å². The van der Waals surface area contributed by atoms with Crippen molar-refractivity contribution in [2.24, 2.45) is 0 Å². The van der Waals surface area contributed by atoms with Gasteiger partial charge < -0.3 is 10.1 Å². The molecule has 0 spiro atoms. The van der Waals surface area contributed by atoms with Crippen molar-refractivity contribution in [3.05, 3.63) is 53.9 Å². The van der Waals surface area contributed by atoms with Crippen LogP contribution < -0.4 is 10.1 Å². The van der Waals surface area contributed by atoms with Gasteiger partial charge in [0.15, 0.2) is 0 Å². The molecule has 3 nitrogen and oxygen atoms in total. The molecule has 3 rings (SSSR count). The topological polar surface area (TPSA) is 34.1 Å². The average Bonchev–Trinajstić information content (AvgIpc) is 3.30. The van der Waals surface area contributed by atoms with Crippen LogP contribution in [0.4, 0.5) is 0 Å². The highest BCUT2D eigenvalue weighted by Crippen LogP contribution is 2.26. The Hall–Kier alpha value is -1.87. The zero-order valence-corrected chi connectivity index (χ0v) is 11.8. The molecule has 0 radical (unpaired) electrons. The van der Waals surface area contributed by atoms with Crippen molar-refractivity contribution in [2.75, 3.05) is 0 Å². The van der Waals surface area contributed by atoms with Crippen molar-refractivity contribution in [1.82, 2.24) is 10.3 Å². The van der Waals surface area contributed by atoms with E-state index in [1.165, 1.54) is 18.4 Å². The summed E-state index contributed by atoms with van der Waals surface area (Å²) in [6.45, 7) is 2.96. The number of hydrogen-bond donors (Lipinski definition) is 1. The maximum Gasteiger partial charge on any atom is 0.130 e. The summed E-state index contributed by atoms with van der Waals surface area (Å²) in [5, 5.41) is 3.47. The molecule has 1 aromatic carbocycles. The summed E-state index contributed by atoms with van der Waals surface area (Å²) in [5.41, 5.74) is 2.25. The molecule has 104 valence electrons. The van der Waals surface area contributed by atoms with Crippen molar-refractivity contribution in [3.8, 4) is 11.5 Å². The number of nitrogens with zero attached hydrogens (tertiary/aromatic N) is 1. The monoisotopic (exact) mass is 268 g/mol. The molecule has 1 fully saturated rings. The standard InChI is InChI=1S/C17H20N2O/c1-2-13-5-3-4-6-17(13)20-16-9-10-18-15(11-16)12-19-14-7-8-14/h3-6,9-11,14,19H,2,7-8,12H2,1H3. The molecule has 0 unspecified atom stereocenters. The first-order valence-corrected chi connectivity index (χ1v) is 7.29. The van der Waals surface area contributed by atoms with E-state index in [1.54, 1.807) is 0 Å². The van der Waals surface area contributed by atoms with Crippen LogP contribution in [0.25, 0.3) is 0 Å². The third-order valence-corrected chi connectivity index (χ3v) is 3.52. The summed E-state index contributed by atoms with van der Waals surface area (Å²) < 4.78 is 6.00. The molecule has 0 aliphatic heterocycles. The number of aryl methyl sites for hydroxylation is 1. The fourth-order valence-corrected chi connectivity index (χ4v) is 2.18. The molecular formula is C17H20N2O. The Bertz CT molecular complexity index is 579. The minimum absolute atomic E-state index is 0.696. The number of nitrogens with one attached hydrogen (secondary N) is 1. The number of hydrogen-bond acceptors (Lipinski definition) is 3. The van der Waals surface area contributed by atoms with Crippen LogP contribution in [0, 0.1) is 0 Å². The average molecular weight is 268 g/mol. The smallest absolute Gasteiger partial charge is 0.130 e. The van der Waals surface area contributed by atoms with Crippen molar-refractivity contribution >= 4 is 0 Å². The summed E-state index contributed by atoms with van der Waals surface area (Å²) in [6.07, 6.45) is 5.37. The zero-order valence-electron chi connectivity index (χ0n) is 11.8. The molecule has 0 atom stereocenters. The van der Waals surface area contributed by atoms with Gasteiger partial charge in [0, 0.05) is 24.8 Å². The van der Waals surface area contributed by atoms with Gasteiger partial charge in [0.2, 0.25) is 0 Å². The number of aromatic nitrogens is 1. The predicted molar refractivity (Wildman–Crippen MR) is 80.0 cm³/mol. The lowest BCUT2D eigenvalue weighted by molar-refractivity contribution is 0.474. The fraction of sp³-hybridized carbons (Fsp3) is 0.353. The minimum Gasteiger partial charge on any atom is -0.457 e. The van der Waals surface area contributed by atoms with Gasteiger partial charge in [0.25, 0.3) is 0 Å². The van der Waals surface area contributed by atoms with Crippen molar-refractivity contribution in [3.63, 3.8) is 0 Å². The first kappa shape index (κ1) is 13.1. The lowest BCUT2D eigenvalue weighted by Crippen LogP contribution is -2.16. The Morgan fingerprint density at radius 2 is 2.10 bits per heavy atom. The molecule has 1 aliphatic carbocycles. The first-order valence-electron chi connectivity index (χ1n) is 7.29. The normalized spacial score (nSPS) is 14.2. The molecule has 0 amide bonds. The summed E-state index contributed by atoms with van der Waals surface area (Å²) >= 11 is 0. The van der Waals surface area contributed by atoms with E-state index in [9.17, 15) is 0 Å². The summed E-state index contributed by atoms with van der Waals surface area (Å²) in [4.78, 5) is 4.38. The molecule has 1 aliphatic rings. The van der Waals surface area contributed by atoms with Crippen LogP contribution in [0.5, 0.6) is 11.5 Å². The van der Waals surface area contributed by atoms with Gasteiger partial charge in [-0.1, -0.05) is 25.1 Å². The Morgan fingerprint density at radius 3 is 2.90 bits per heavy atom. The molecule has 0 bridgehead atoms. The van der Waals surface area contributed by atoms with Gasteiger partial charge >= 0.3 is 0 Å². The summed E-state index contributed by atoms with van der Waals surface area (Å²) in [5.74, 6) is 1.79. The van der Waals surface area contributed by atoms with Crippen molar-refractivity contribution in [2.45, 2.75) is 38.8 Å². The number of para-hydroxylation sites is 1. The number of pyridine rings is 1. The third-order valence-electron chi connectivity index (χ3n) is 3.52. The van der Waals surface area contributed by atoms with E-state index < -0.39 is 0 Å². The van der Waals surface area contributed by atoms with Crippen LogP contribution in [0.3, 0.4) is 0 Å². The lowest BCUT2D eigenvalue weighted by Gasteiger charge is -2.10. The number of ether oxygens (including phenoxy) is 1. The second kappa shape index (κ2) is 6.06. The van der Waals surface area contributed by atoms with E-state index in [0.717, 1.165) is 30.2 Å². The quantitative estimate of drug-likeness (QED) is 0.867. The van der Waals surface area contributed by atoms with Crippen LogP contribution in [-0.4, -0.2) is 11.0 Å². The molecule has 3 heteroatoms. The molecular weight excluding hydrogens is 248 g/mol. The number of rotatable bonds is 6. The van der Waals surface area contributed by atoms with E-state index in [4.69, 9.17) is 4.74 Å². The highest BCUT2D eigenvalue weighted by atomic mass is 16.5. The van der Waals surface area contributed by atoms with Gasteiger partial charge in [0.05, 0.1) is 5.69 Å². The number of benzene rings is 1. The SMILES string of the molecule is CCc1ccccc1Oc1ccnc(CNC2CC2)c1. The van der Waals surface area contributed by atoms with Crippen LogP contribution in [0.15, 0.2) is 42.6 Å². The Kier molecular flexibility index (Phi) is 3.97. The van der Waals surface area contributed by atoms with E-state index in [2.05, 4.69) is 23.3 Å². The molecule has 1 saturated carbocycles. The van der Waals surface area contributed by atoms with Crippen LogP contribution in [0.2, 0.25) is 0 Å². The lowest BCUT2D eigenvalue weighted by atomic mass is 10.1. The van der Waals surface area contributed by atoms with Gasteiger partial charge in [-0.25, -0.2) is 0 Å². The minimum atomic E-state index is 0.696. The summed E-state index contributed by atoms with van der Waals surface area (Å²) in [7, 11) is 0. The zero-order chi connectivity index (χ0) is 13.8. The predicted octanol–water partition coefficient (Wildman–Crippen LogP) is 3.69. The Labute approximate surface area is 120 Å². The van der Waals surface area contributed by atoms with Gasteiger partial charge in [-0.2, -0.15) is 0 Å². The second-order valence-electron chi connectivity index (χ2n) is 5.20. The van der Waals surface area contributed by atoms with Gasteiger partial charge in [-0.3, -0.25) is 4.98 Å². The first-order chi connectivity index (χ1) is 9.85. The van der Waals surface area contributed by atoms with E-state index in [0.29, 0.717) is 6.04 Å². The summed E-state index contributed by atoms with van der Waals surface area (Å²) in [6, 6.07) is 12.8. The maximum absolute atomic E-state index is 6.00. The molecule has 1 aromatic heterocycles. The van der Waals surface area contributed by atoms with Gasteiger partial charge in [0.1, 0.15) is 11.5 Å². The molecule has 2 aromatic rings. The highest BCUT2D eigenvalue weighted by molar-refractivity contribution is 5.37. The maximum atomic E-state index is 6.00. The Morgan fingerprint density at radius 1 is 1.25 bits per heavy atom. The fourth-order valence-electron chi connectivity index (χ4n) is 2.18. The van der Waals surface area contributed by atoms with E-state index in [-0.39, 0.29) is 0 Å². The van der Waals surface area contributed by atoms with Crippen LogP contribution in [0.1, 0.15) is 31.0 Å². The second-order valence-corrected chi connectivity index (χ2v) is 5.20. The van der Waals surface area contributed by atoms with Gasteiger partial charge in [-0.15, -0.1) is 0 Å². The highest BCUT2D eigenvalue weighted by Gasteiger charge is 2.20. The van der Waals surface area contributed by atoms with Crippen molar-refractivity contribution in [1.29, 1.82) is 0 Å². The van der Waals surface area contributed by atoms with E-state index in [1.807, 2.05) is 36.5 Å². The van der Waals surface area contributed by atoms with Crippen molar-refractivity contribution < 1.29 is 4.74 Å². The van der Waals surface area contributed by atoms with Crippen LogP contribution in [-0.2, 0) is 13.0 Å². The Balaban J connectivity index is 1.71. The van der Waals surface area contributed by atoms with E-state index >= 15 is 0 Å². The molecule has 1 heterocycles. The van der Waals surface area contributed by atoms with Gasteiger partial charge in [-0.05, 0) is 37.0 Å². The molecule has 1 N–H and O–H groups in total. The largest absolute Gasteiger partial charge is 0.457 e. The third kappa shape index (κ3) is 3.36. The molecule has 0 saturated heterocycles. The molecule has 20 heavy (non-hydrogen) atoms.